The molecule has 2 aromatic rings. The summed E-state index contributed by atoms with van der Waals surface area (Å²) in [5.74, 6) is -0.322. The molecule has 5 nitrogen and oxygen atoms in total. The first kappa shape index (κ1) is 15.0. The monoisotopic (exact) mass is 285 g/mol. The Morgan fingerprint density at radius 3 is 2.52 bits per heavy atom. The number of carbonyl (C=O) groups is 2. The SMILES string of the molecule is CNC(=O)NC(=O)CN(C)Cc1ccc2ccccc2c1. The fraction of sp³-hybridized carbons (Fsp3) is 0.250. The molecule has 21 heavy (non-hydrogen) atoms. The van der Waals surface area contributed by atoms with E-state index in [1.165, 1.54) is 17.8 Å². The van der Waals surface area contributed by atoms with Crippen molar-refractivity contribution in [3.8, 4) is 0 Å². The number of urea groups is 1. The van der Waals surface area contributed by atoms with Crippen molar-refractivity contribution in [1.82, 2.24) is 15.5 Å². The number of benzene rings is 2. The molecule has 0 heterocycles. The van der Waals surface area contributed by atoms with Gasteiger partial charge in [0.05, 0.1) is 6.54 Å². The van der Waals surface area contributed by atoms with Crippen LogP contribution in [-0.4, -0.2) is 37.5 Å². The Morgan fingerprint density at radius 2 is 1.81 bits per heavy atom. The zero-order chi connectivity index (χ0) is 15.2. The van der Waals surface area contributed by atoms with Crippen LogP contribution in [0.1, 0.15) is 5.56 Å². The van der Waals surface area contributed by atoms with E-state index in [1.54, 1.807) is 0 Å². The highest BCUT2D eigenvalue weighted by molar-refractivity contribution is 5.95. The zero-order valence-corrected chi connectivity index (χ0v) is 12.2. The minimum absolute atomic E-state index is 0.167. The van der Waals surface area contributed by atoms with Crippen LogP contribution in [0.15, 0.2) is 42.5 Å². The maximum absolute atomic E-state index is 11.6. The minimum atomic E-state index is -0.487. The molecule has 3 amide bonds. The van der Waals surface area contributed by atoms with E-state index in [0.29, 0.717) is 6.54 Å². The van der Waals surface area contributed by atoms with E-state index in [2.05, 4.69) is 41.0 Å². The summed E-state index contributed by atoms with van der Waals surface area (Å²) in [6, 6.07) is 13.9. The van der Waals surface area contributed by atoms with Crippen molar-refractivity contribution in [1.29, 1.82) is 0 Å². The maximum atomic E-state index is 11.6. The molecular weight excluding hydrogens is 266 g/mol. The number of nitrogens with one attached hydrogen (secondary N) is 2. The van der Waals surface area contributed by atoms with Crippen LogP contribution in [0.2, 0.25) is 0 Å². The first-order valence-electron chi connectivity index (χ1n) is 6.76. The molecule has 0 aliphatic heterocycles. The summed E-state index contributed by atoms with van der Waals surface area (Å²) < 4.78 is 0. The first-order valence-corrected chi connectivity index (χ1v) is 6.76. The Labute approximate surface area is 123 Å². The highest BCUT2D eigenvalue weighted by atomic mass is 16.2. The van der Waals surface area contributed by atoms with Crippen LogP contribution < -0.4 is 10.6 Å². The molecule has 2 N–H and O–H groups in total. The Kier molecular flexibility index (Phi) is 4.90. The van der Waals surface area contributed by atoms with Crippen LogP contribution in [-0.2, 0) is 11.3 Å². The standard InChI is InChI=1S/C16H19N3O2/c1-17-16(21)18-15(20)11-19(2)10-12-7-8-13-5-3-4-6-14(13)9-12/h3-9H,10-11H2,1-2H3,(H2,17,18,20,21). The van der Waals surface area contributed by atoms with Crippen LogP contribution in [0, 0.1) is 0 Å². The Morgan fingerprint density at radius 1 is 1.10 bits per heavy atom. The minimum Gasteiger partial charge on any atom is -0.341 e. The van der Waals surface area contributed by atoms with Crippen molar-refractivity contribution >= 4 is 22.7 Å². The van der Waals surface area contributed by atoms with Gasteiger partial charge in [0.25, 0.3) is 0 Å². The third-order valence-corrected chi connectivity index (χ3v) is 3.16. The average Bonchev–Trinajstić information content (AvgIpc) is 2.46. The second-order valence-electron chi connectivity index (χ2n) is 4.98. The third kappa shape index (κ3) is 4.29. The number of rotatable bonds is 4. The van der Waals surface area contributed by atoms with E-state index < -0.39 is 6.03 Å². The van der Waals surface area contributed by atoms with E-state index in [-0.39, 0.29) is 12.5 Å². The molecule has 2 rings (SSSR count). The smallest absolute Gasteiger partial charge is 0.321 e. The van der Waals surface area contributed by atoms with Crippen LogP contribution in [0.5, 0.6) is 0 Å². The molecule has 2 aromatic carbocycles. The quantitative estimate of drug-likeness (QED) is 0.899. The van der Waals surface area contributed by atoms with Crippen molar-refractivity contribution in [2.45, 2.75) is 6.54 Å². The molecule has 0 unspecified atom stereocenters. The van der Waals surface area contributed by atoms with Gasteiger partial charge in [-0.05, 0) is 29.4 Å². The number of amides is 3. The lowest BCUT2D eigenvalue weighted by molar-refractivity contribution is -0.120. The largest absolute Gasteiger partial charge is 0.341 e. The molecule has 0 aliphatic carbocycles. The summed E-state index contributed by atoms with van der Waals surface area (Å²) in [6.07, 6.45) is 0. The van der Waals surface area contributed by atoms with E-state index in [9.17, 15) is 9.59 Å². The Balaban J connectivity index is 1.96. The van der Waals surface area contributed by atoms with Crippen LogP contribution in [0.25, 0.3) is 10.8 Å². The molecule has 0 fully saturated rings. The number of carbonyl (C=O) groups excluding carboxylic acids is 2. The number of imide groups is 1. The predicted octanol–water partition coefficient (Wildman–Crippen LogP) is 1.73. The van der Waals surface area contributed by atoms with Gasteiger partial charge in [-0.3, -0.25) is 15.0 Å². The van der Waals surface area contributed by atoms with Crippen molar-refractivity contribution in [3.63, 3.8) is 0 Å². The molecule has 0 saturated carbocycles. The molecule has 0 spiro atoms. The first-order chi connectivity index (χ1) is 10.1. The van der Waals surface area contributed by atoms with Gasteiger partial charge < -0.3 is 5.32 Å². The van der Waals surface area contributed by atoms with Gasteiger partial charge >= 0.3 is 6.03 Å². The van der Waals surface area contributed by atoms with Crippen LogP contribution in [0.4, 0.5) is 4.79 Å². The molecule has 0 saturated heterocycles. The Hall–Kier alpha value is -2.40. The van der Waals surface area contributed by atoms with Crippen LogP contribution in [0.3, 0.4) is 0 Å². The summed E-state index contributed by atoms with van der Waals surface area (Å²) in [4.78, 5) is 24.5. The number of hydrogen-bond acceptors (Lipinski definition) is 3. The lowest BCUT2D eigenvalue weighted by atomic mass is 10.1. The van der Waals surface area contributed by atoms with Gasteiger partial charge in [-0.1, -0.05) is 36.4 Å². The highest BCUT2D eigenvalue weighted by Crippen LogP contribution is 2.16. The zero-order valence-electron chi connectivity index (χ0n) is 12.2. The third-order valence-electron chi connectivity index (χ3n) is 3.16. The lowest BCUT2D eigenvalue weighted by Crippen LogP contribution is -2.42. The van der Waals surface area contributed by atoms with Gasteiger partial charge in [-0.25, -0.2) is 4.79 Å². The van der Waals surface area contributed by atoms with Gasteiger partial charge in [-0.2, -0.15) is 0 Å². The second kappa shape index (κ2) is 6.85. The van der Waals surface area contributed by atoms with Crippen molar-refractivity contribution in [2.24, 2.45) is 0 Å². The van der Waals surface area contributed by atoms with Crippen LogP contribution >= 0.6 is 0 Å². The summed E-state index contributed by atoms with van der Waals surface area (Å²) in [6.45, 7) is 0.812. The number of likely N-dealkylation sites (N-methyl/N-ethyl adjacent to an activating group) is 1. The second-order valence-corrected chi connectivity index (χ2v) is 4.98. The normalized spacial score (nSPS) is 10.6. The molecule has 5 heteroatoms. The average molecular weight is 285 g/mol. The molecule has 0 radical (unpaired) electrons. The summed E-state index contributed by atoms with van der Waals surface area (Å²) in [7, 11) is 3.32. The molecule has 0 bridgehead atoms. The van der Waals surface area contributed by atoms with E-state index in [1.807, 2.05) is 24.1 Å². The molecule has 110 valence electrons. The molecule has 0 aromatic heterocycles. The summed E-state index contributed by atoms with van der Waals surface area (Å²) in [5, 5.41) is 6.97. The van der Waals surface area contributed by atoms with Gasteiger partial charge in [0.15, 0.2) is 0 Å². The fourth-order valence-corrected chi connectivity index (χ4v) is 2.18. The highest BCUT2D eigenvalue weighted by Gasteiger charge is 2.09. The fourth-order valence-electron chi connectivity index (χ4n) is 2.18. The topological polar surface area (TPSA) is 61.4 Å². The molecular formula is C16H19N3O2. The summed E-state index contributed by atoms with van der Waals surface area (Å²) in [5.41, 5.74) is 1.13. The van der Waals surface area contributed by atoms with E-state index in [4.69, 9.17) is 0 Å². The van der Waals surface area contributed by atoms with Crippen molar-refractivity contribution in [2.75, 3.05) is 20.6 Å². The predicted molar refractivity (Wildman–Crippen MR) is 82.9 cm³/mol. The van der Waals surface area contributed by atoms with Crippen molar-refractivity contribution in [3.05, 3.63) is 48.0 Å². The summed E-state index contributed by atoms with van der Waals surface area (Å²) >= 11 is 0. The maximum Gasteiger partial charge on any atom is 0.321 e. The molecule has 0 aliphatic rings. The number of hydrogen-bond donors (Lipinski definition) is 2. The van der Waals surface area contributed by atoms with Crippen molar-refractivity contribution < 1.29 is 9.59 Å². The van der Waals surface area contributed by atoms with E-state index in [0.717, 1.165) is 5.56 Å². The van der Waals surface area contributed by atoms with Gasteiger partial charge in [-0.15, -0.1) is 0 Å². The van der Waals surface area contributed by atoms with Gasteiger partial charge in [0.2, 0.25) is 5.91 Å². The number of fused-ring (bicyclic) bond motifs is 1. The van der Waals surface area contributed by atoms with E-state index >= 15 is 0 Å². The number of nitrogens with zero attached hydrogens (tertiary/aromatic N) is 1. The Bertz CT molecular complexity index is 655. The molecule has 0 atom stereocenters. The van der Waals surface area contributed by atoms with Gasteiger partial charge in [0, 0.05) is 13.6 Å². The van der Waals surface area contributed by atoms with Gasteiger partial charge in [0.1, 0.15) is 0 Å². The lowest BCUT2D eigenvalue weighted by Gasteiger charge is -2.16.